The normalized spacial score (nSPS) is 23.8. The largest absolute Gasteiger partial charge is 0.444 e. The maximum atomic E-state index is 14.4. The van der Waals surface area contributed by atoms with Crippen molar-refractivity contribution in [2.45, 2.75) is 57.4 Å². The van der Waals surface area contributed by atoms with Crippen LogP contribution in [0.5, 0.6) is 0 Å². The molecule has 0 bridgehead atoms. The number of benzene rings is 1. The molecule has 1 amide bonds. The van der Waals surface area contributed by atoms with Gasteiger partial charge in [0.15, 0.2) is 5.17 Å². The van der Waals surface area contributed by atoms with Crippen LogP contribution < -0.4 is 5.32 Å². The van der Waals surface area contributed by atoms with Gasteiger partial charge >= 0.3 is 6.09 Å². The number of amides is 1. The molecule has 1 aromatic rings. The molecule has 2 atom stereocenters. The number of hydrogen-bond donors (Lipinski definition) is 1. The third-order valence-corrected chi connectivity index (χ3v) is 5.38. The molecule has 0 saturated carbocycles. The average molecular weight is 435 g/mol. The molecule has 2 rings (SSSR count). The molecule has 0 fully saturated rings. The number of ether oxygens (including phenoxy) is 1. The summed E-state index contributed by atoms with van der Waals surface area (Å²) in [7, 11) is 0. The number of hydrogen-bond acceptors (Lipinski definition) is 4. The molecule has 25 heavy (non-hydrogen) atoms. The van der Waals surface area contributed by atoms with Gasteiger partial charge in [0, 0.05) is 11.6 Å². The molecular weight excluding hydrogens is 414 g/mol. The van der Waals surface area contributed by atoms with Crippen LogP contribution in [0.4, 0.5) is 13.6 Å². The number of thioether (sulfide) groups is 1. The lowest BCUT2D eigenvalue weighted by Crippen LogP contribution is -2.40. The Kier molecular flexibility index (Phi) is 5.83. The second-order valence-electron chi connectivity index (χ2n) is 7.19. The first kappa shape index (κ1) is 20.2. The van der Waals surface area contributed by atoms with Crippen LogP contribution in [0.15, 0.2) is 21.6 Å². The van der Waals surface area contributed by atoms with Crippen LogP contribution in [0.25, 0.3) is 0 Å². The highest BCUT2D eigenvalue weighted by atomic mass is 79.9. The van der Waals surface area contributed by atoms with Crippen LogP contribution in [0, 0.1) is 11.6 Å². The maximum absolute atomic E-state index is 14.4. The molecule has 1 N–H and O–H groups in total. The molecule has 0 saturated heterocycles. The molecule has 0 unspecified atom stereocenters. The van der Waals surface area contributed by atoms with Gasteiger partial charge in [0.05, 0.1) is 15.3 Å². The molecule has 0 aromatic heterocycles. The summed E-state index contributed by atoms with van der Waals surface area (Å²) >= 11 is 4.33. The number of alkyl carbamates (subject to hydrolysis) is 1. The Morgan fingerprint density at radius 1 is 1.40 bits per heavy atom. The van der Waals surface area contributed by atoms with Crippen molar-refractivity contribution in [3.63, 3.8) is 0 Å². The Bertz CT molecular complexity index is 721. The monoisotopic (exact) mass is 434 g/mol. The van der Waals surface area contributed by atoms with E-state index in [0.717, 1.165) is 6.07 Å². The summed E-state index contributed by atoms with van der Waals surface area (Å²) in [5, 5.41) is 2.98. The van der Waals surface area contributed by atoms with Gasteiger partial charge in [0.25, 0.3) is 0 Å². The minimum Gasteiger partial charge on any atom is -0.444 e. The van der Waals surface area contributed by atoms with Gasteiger partial charge in [-0.15, -0.1) is 0 Å². The van der Waals surface area contributed by atoms with Crippen LogP contribution in [-0.2, 0) is 9.48 Å². The molecule has 0 spiro atoms. The lowest BCUT2D eigenvalue weighted by molar-refractivity contribution is 0.0564. The Morgan fingerprint density at radius 2 is 2.04 bits per heavy atom. The van der Waals surface area contributed by atoms with Gasteiger partial charge in [0.2, 0.25) is 0 Å². The first-order valence-electron chi connectivity index (χ1n) is 7.81. The lowest BCUT2D eigenvalue weighted by Gasteiger charge is -2.36. The molecule has 1 heterocycles. The van der Waals surface area contributed by atoms with E-state index in [1.54, 1.807) is 20.8 Å². The molecule has 4 nitrogen and oxygen atoms in total. The van der Waals surface area contributed by atoms with E-state index in [1.165, 1.54) is 17.8 Å². The zero-order valence-corrected chi connectivity index (χ0v) is 17.1. The summed E-state index contributed by atoms with van der Waals surface area (Å²) in [5.74, 6) is -1.28. The summed E-state index contributed by atoms with van der Waals surface area (Å²) in [6.07, 6.45) is -0.0671. The average Bonchev–Trinajstić information content (AvgIpc) is 2.39. The van der Waals surface area contributed by atoms with Gasteiger partial charge in [-0.05, 0) is 63.0 Å². The van der Waals surface area contributed by atoms with E-state index in [-0.39, 0.29) is 10.5 Å². The number of carbonyl (C=O) groups is 1. The number of halogens is 3. The zero-order chi connectivity index (χ0) is 19.0. The highest BCUT2D eigenvalue weighted by Gasteiger charge is 2.38. The highest BCUT2D eigenvalue weighted by molar-refractivity contribution is 9.10. The summed E-state index contributed by atoms with van der Waals surface area (Å²) in [5.41, 5.74) is -0.275. The van der Waals surface area contributed by atoms with Crippen molar-refractivity contribution in [2.24, 2.45) is 4.99 Å². The summed E-state index contributed by atoms with van der Waals surface area (Å²) in [6.45, 7) is 9.02. The van der Waals surface area contributed by atoms with Gasteiger partial charge in [-0.3, -0.25) is 10.3 Å². The van der Waals surface area contributed by atoms with Crippen molar-refractivity contribution < 1.29 is 18.3 Å². The van der Waals surface area contributed by atoms with Gasteiger partial charge in [-0.1, -0.05) is 11.8 Å². The smallest absolute Gasteiger partial charge is 0.413 e. The summed E-state index contributed by atoms with van der Waals surface area (Å²) < 4.78 is 32.6. The Labute approximate surface area is 158 Å². The molecular formula is C17H21BrF2N2O2S. The van der Waals surface area contributed by atoms with Crippen molar-refractivity contribution in [2.75, 3.05) is 0 Å². The van der Waals surface area contributed by atoms with Crippen LogP contribution in [-0.4, -0.2) is 22.9 Å². The Hall–Kier alpha value is -1.15. The quantitative estimate of drug-likeness (QED) is 0.606. The fourth-order valence-corrected chi connectivity index (χ4v) is 4.36. The standard InChI is InChI=1S/C17H21BrF2N2O2S/c1-9-8-17(5,10-6-11(18)13(20)7-12(10)19)25-14(21-9)22-15(23)24-16(2,3)4/h6-7,9H,8H2,1-5H3,(H,21,22,23)/t9-,17+/m1/s1. The summed E-state index contributed by atoms with van der Waals surface area (Å²) in [4.78, 5) is 16.4. The Balaban J connectivity index is 2.26. The molecule has 0 radical (unpaired) electrons. The lowest BCUT2D eigenvalue weighted by atomic mass is 9.92. The molecule has 8 heteroatoms. The van der Waals surface area contributed by atoms with Gasteiger partial charge in [-0.2, -0.15) is 0 Å². The molecule has 0 aliphatic carbocycles. The van der Waals surface area contributed by atoms with Crippen molar-refractivity contribution in [3.05, 3.63) is 33.8 Å². The summed E-state index contributed by atoms with van der Waals surface area (Å²) in [6, 6.07) is 2.17. The predicted molar refractivity (Wildman–Crippen MR) is 99.9 cm³/mol. The van der Waals surface area contributed by atoms with Crippen molar-refractivity contribution >= 4 is 39.0 Å². The molecule has 1 aromatic carbocycles. The molecule has 138 valence electrons. The van der Waals surface area contributed by atoms with Crippen molar-refractivity contribution in [1.82, 2.24) is 5.32 Å². The van der Waals surface area contributed by atoms with E-state index in [2.05, 4.69) is 26.2 Å². The maximum Gasteiger partial charge on any atom is 0.413 e. The van der Waals surface area contributed by atoms with Crippen molar-refractivity contribution in [3.8, 4) is 0 Å². The number of nitrogens with one attached hydrogen (secondary N) is 1. The van der Waals surface area contributed by atoms with E-state index >= 15 is 0 Å². The second kappa shape index (κ2) is 7.23. The van der Waals surface area contributed by atoms with Gasteiger partial charge in [-0.25, -0.2) is 13.6 Å². The van der Waals surface area contributed by atoms with E-state index in [0.29, 0.717) is 17.2 Å². The van der Waals surface area contributed by atoms with Crippen LogP contribution in [0.3, 0.4) is 0 Å². The highest BCUT2D eigenvalue weighted by Crippen LogP contribution is 2.46. The fraction of sp³-hybridized carbons (Fsp3) is 0.529. The van der Waals surface area contributed by atoms with Crippen LogP contribution >= 0.6 is 27.7 Å². The Morgan fingerprint density at radius 3 is 2.64 bits per heavy atom. The fourth-order valence-electron chi connectivity index (χ4n) is 2.63. The predicted octanol–water partition coefficient (Wildman–Crippen LogP) is 5.35. The van der Waals surface area contributed by atoms with Gasteiger partial charge < -0.3 is 4.74 Å². The SMILES string of the molecule is C[C@@H]1C[C@@](C)(c2cc(Br)c(F)cc2F)SC(NC(=O)OC(C)(C)C)=N1. The minimum atomic E-state index is -0.703. The van der Waals surface area contributed by atoms with E-state index in [4.69, 9.17) is 4.74 Å². The first-order chi connectivity index (χ1) is 11.4. The van der Waals surface area contributed by atoms with Crippen LogP contribution in [0.2, 0.25) is 0 Å². The third kappa shape index (κ3) is 5.17. The van der Waals surface area contributed by atoms with E-state index < -0.39 is 28.1 Å². The first-order valence-corrected chi connectivity index (χ1v) is 9.42. The number of aliphatic imine (C=N–C) groups is 1. The van der Waals surface area contributed by atoms with E-state index in [1.807, 2.05) is 13.8 Å². The zero-order valence-electron chi connectivity index (χ0n) is 14.7. The van der Waals surface area contributed by atoms with Crippen molar-refractivity contribution in [1.29, 1.82) is 0 Å². The van der Waals surface area contributed by atoms with Crippen LogP contribution in [0.1, 0.15) is 46.6 Å². The molecule has 1 aliphatic heterocycles. The topological polar surface area (TPSA) is 50.7 Å². The number of rotatable bonds is 1. The number of amidine groups is 1. The second-order valence-corrected chi connectivity index (χ2v) is 9.54. The minimum absolute atomic E-state index is 0.139. The molecule has 1 aliphatic rings. The van der Waals surface area contributed by atoms with Gasteiger partial charge in [0.1, 0.15) is 17.2 Å². The number of carbonyl (C=O) groups excluding carboxylic acids is 1. The van der Waals surface area contributed by atoms with E-state index in [9.17, 15) is 13.6 Å². The number of nitrogens with zero attached hydrogens (tertiary/aromatic N) is 1. The third-order valence-electron chi connectivity index (χ3n) is 3.53.